The van der Waals surface area contributed by atoms with Gasteiger partial charge in [0.15, 0.2) is 0 Å². The van der Waals surface area contributed by atoms with Gasteiger partial charge in [0.25, 0.3) is 17.6 Å². The Morgan fingerprint density at radius 2 is 2.35 bits per heavy atom. The molecular weight excluding hydrogens is 222 g/mol. The standard InChI is InChI=1S/C10H11N5O2/c1-2-12-9(16)8-14-10(17-15-8)7-4-3-6(11)5-13-7/h3-5H,2,11H2,1H3,(H,12,16). The van der Waals surface area contributed by atoms with E-state index in [2.05, 4.69) is 20.4 Å². The van der Waals surface area contributed by atoms with E-state index in [1.54, 1.807) is 19.1 Å². The fraction of sp³-hybridized carbons (Fsp3) is 0.200. The highest BCUT2D eigenvalue weighted by Gasteiger charge is 2.15. The van der Waals surface area contributed by atoms with Crippen molar-refractivity contribution < 1.29 is 9.32 Å². The molecule has 0 spiro atoms. The van der Waals surface area contributed by atoms with E-state index in [9.17, 15) is 4.79 Å². The Bertz CT molecular complexity index is 520. The molecule has 88 valence electrons. The van der Waals surface area contributed by atoms with Crippen molar-refractivity contribution in [2.24, 2.45) is 0 Å². The molecule has 2 rings (SSSR count). The molecule has 17 heavy (non-hydrogen) atoms. The summed E-state index contributed by atoms with van der Waals surface area (Å²) < 4.78 is 4.93. The Morgan fingerprint density at radius 3 is 3.00 bits per heavy atom. The Labute approximate surface area is 97.0 Å². The molecule has 0 saturated carbocycles. The minimum Gasteiger partial charge on any atom is -0.397 e. The molecule has 2 aromatic heterocycles. The Kier molecular flexibility index (Phi) is 2.99. The lowest BCUT2D eigenvalue weighted by Gasteiger charge is -1.94. The summed E-state index contributed by atoms with van der Waals surface area (Å²) >= 11 is 0. The van der Waals surface area contributed by atoms with E-state index in [1.165, 1.54) is 6.20 Å². The molecule has 7 nitrogen and oxygen atoms in total. The van der Waals surface area contributed by atoms with Crippen LogP contribution in [0, 0.1) is 0 Å². The molecular formula is C10H11N5O2. The number of rotatable bonds is 3. The molecule has 0 aliphatic rings. The molecule has 0 unspecified atom stereocenters. The number of amides is 1. The molecule has 0 bridgehead atoms. The summed E-state index contributed by atoms with van der Waals surface area (Å²) in [6.45, 7) is 2.31. The maximum atomic E-state index is 11.4. The smallest absolute Gasteiger partial charge is 0.292 e. The van der Waals surface area contributed by atoms with Gasteiger partial charge in [-0.3, -0.25) is 4.79 Å². The van der Waals surface area contributed by atoms with Crippen molar-refractivity contribution in [2.75, 3.05) is 12.3 Å². The molecule has 3 N–H and O–H groups in total. The van der Waals surface area contributed by atoms with Crippen LogP contribution in [0.4, 0.5) is 5.69 Å². The summed E-state index contributed by atoms with van der Waals surface area (Å²) in [6, 6.07) is 3.31. The van der Waals surface area contributed by atoms with E-state index in [0.717, 1.165) is 0 Å². The normalized spacial score (nSPS) is 10.2. The van der Waals surface area contributed by atoms with E-state index in [1.807, 2.05) is 0 Å². The van der Waals surface area contributed by atoms with E-state index >= 15 is 0 Å². The first-order valence-corrected chi connectivity index (χ1v) is 5.04. The average Bonchev–Trinajstić information content (AvgIpc) is 2.80. The number of pyridine rings is 1. The van der Waals surface area contributed by atoms with Crippen molar-refractivity contribution in [3.8, 4) is 11.6 Å². The number of nitrogens with zero attached hydrogens (tertiary/aromatic N) is 3. The second kappa shape index (κ2) is 4.60. The van der Waals surface area contributed by atoms with Crippen LogP contribution >= 0.6 is 0 Å². The van der Waals surface area contributed by atoms with Crippen molar-refractivity contribution in [3.05, 3.63) is 24.2 Å². The maximum absolute atomic E-state index is 11.4. The topological polar surface area (TPSA) is 107 Å². The van der Waals surface area contributed by atoms with Gasteiger partial charge in [-0.2, -0.15) is 4.98 Å². The van der Waals surface area contributed by atoms with Gasteiger partial charge in [-0.25, -0.2) is 4.98 Å². The van der Waals surface area contributed by atoms with Crippen LogP contribution in [0.5, 0.6) is 0 Å². The molecule has 0 atom stereocenters. The lowest BCUT2D eigenvalue weighted by atomic mass is 10.3. The van der Waals surface area contributed by atoms with Crippen LogP contribution in [0.1, 0.15) is 17.5 Å². The minimum absolute atomic E-state index is 0.0134. The molecule has 2 heterocycles. The van der Waals surface area contributed by atoms with Gasteiger partial charge >= 0.3 is 0 Å². The Balaban J connectivity index is 2.23. The quantitative estimate of drug-likeness (QED) is 0.797. The number of nitrogen functional groups attached to an aromatic ring is 1. The molecule has 0 fully saturated rings. The highest BCUT2D eigenvalue weighted by atomic mass is 16.5. The fourth-order valence-electron chi connectivity index (χ4n) is 1.19. The van der Waals surface area contributed by atoms with E-state index in [0.29, 0.717) is 17.9 Å². The Hall–Kier alpha value is -2.44. The summed E-state index contributed by atoms with van der Waals surface area (Å²) in [7, 11) is 0. The average molecular weight is 233 g/mol. The third-order valence-corrected chi connectivity index (χ3v) is 1.97. The van der Waals surface area contributed by atoms with Crippen LogP contribution in [0.2, 0.25) is 0 Å². The minimum atomic E-state index is -0.377. The fourth-order valence-corrected chi connectivity index (χ4v) is 1.19. The van der Waals surface area contributed by atoms with Gasteiger partial charge in [0.2, 0.25) is 0 Å². The second-order valence-electron chi connectivity index (χ2n) is 3.26. The lowest BCUT2D eigenvalue weighted by Crippen LogP contribution is -2.23. The first kappa shape index (κ1) is 11.1. The van der Waals surface area contributed by atoms with Crippen LogP contribution in [-0.4, -0.2) is 27.6 Å². The molecule has 0 saturated heterocycles. The monoisotopic (exact) mass is 233 g/mol. The molecule has 0 aliphatic carbocycles. The van der Waals surface area contributed by atoms with Crippen LogP contribution in [0.3, 0.4) is 0 Å². The van der Waals surface area contributed by atoms with Crippen LogP contribution in [-0.2, 0) is 0 Å². The van der Waals surface area contributed by atoms with E-state index in [-0.39, 0.29) is 17.6 Å². The number of hydrogen-bond acceptors (Lipinski definition) is 6. The summed E-state index contributed by atoms with van der Waals surface area (Å²) in [6.07, 6.45) is 1.48. The molecule has 2 aromatic rings. The molecule has 0 aliphatic heterocycles. The predicted octanol–water partition coefficient (Wildman–Crippen LogP) is 0.464. The third-order valence-electron chi connectivity index (χ3n) is 1.97. The maximum Gasteiger partial charge on any atom is 0.292 e. The number of aromatic nitrogens is 3. The largest absolute Gasteiger partial charge is 0.397 e. The zero-order valence-electron chi connectivity index (χ0n) is 9.17. The van der Waals surface area contributed by atoms with Gasteiger partial charge in [0.1, 0.15) is 5.69 Å². The summed E-state index contributed by atoms with van der Waals surface area (Å²) in [4.78, 5) is 19.4. The van der Waals surface area contributed by atoms with Crippen LogP contribution in [0.25, 0.3) is 11.6 Å². The van der Waals surface area contributed by atoms with Gasteiger partial charge in [0, 0.05) is 6.54 Å². The number of carbonyl (C=O) groups excluding carboxylic acids is 1. The first-order chi connectivity index (χ1) is 8.20. The zero-order chi connectivity index (χ0) is 12.3. The zero-order valence-corrected chi connectivity index (χ0v) is 9.17. The van der Waals surface area contributed by atoms with Crippen LogP contribution in [0.15, 0.2) is 22.9 Å². The number of nitrogens with one attached hydrogen (secondary N) is 1. The van der Waals surface area contributed by atoms with E-state index < -0.39 is 0 Å². The number of hydrogen-bond donors (Lipinski definition) is 2. The van der Waals surface area contributed by atoms with Crippen molar-refractivity contribution >= 4 is 11.6 Å². The molecule has 7 heteroatoms. The third kappa shape index (κ3) is 2.39. The van der Waals surface area contributed by atoms with Gasteiger partial charge in [-0.1, -0.05) is 5.16 Å². The summed E-state index contributed by atoms with van der Waals surface area (Å²) in [5.41, 5.74) is 6.52. The van der Waals surface area contributed by atoms with Gasteiger partial charge in [-0.05, 0) is 19.1 Å². The van der Waals surface area contributed by atoms with Gasteiger partial charge in [-0.15, -0.1) is 0 Å². The first-order valence-electron chi connectivity index (χ1n) is 5.04. The van der Waals surface area contributed by atoms with Crippen molar-refractivity contribution in [3.63, 3.8) is 0 Å². The second-order valence-corrected chi connectivity index (χ2v) is 3.26. The highest BCUT2D eigenvalue weighted by molar-refractivity contribution is 5.90. The highest BCUT2D eigenvalue weighted by Crippen LogP contribution is 2.14. The molecule has 0 aromatic carbocycles. The van der Waals surface area contributed by atoms with Gasteiger partial charge in [0.05, 0.1) is 11.9 Å². The lowest BCUT2D eigenvalue weighted by molar-refractivity contribution is 0.0942. The summed E-state index contributed by atoms with van der Waals surface area (Å²) in [5, 5.41) is 6.14. The van der Waals surface area contributed by atoms with E-state index in [4.69, 9.17) is 10.3 Å². The van der Waals surface area contributed by atoms with Crippen molar-refractivity contribution in [2.45, 2.75) is 6.92 Å². The number of nitrogens with two attached hydrogens (primary N) is 1. The predicted molar refractivity (Wildman–Crippen MR) is 59.9 cm³/mol. The molecule has 1 amide bonds. The number of anilines is 1. The van der Waals surface area contributed by atoms with Crippen molar-refractivity contribution in [1.82, 2.24) is 20.4 Å². The van der Waals surface area contributed by atoms with Gasteiger partial charge < -0.3 is 15.6 Å². The summed E-state index contributed by atoms with van der Waals surface area (Å²) in [5.74, 6) is -0.204. The Morgan fingerprint density at radius 1 is 1.53 bits per heavy atom. The SMILES string of the molecule is CCNC(=O)c1noc(-c2ccc(N)cn2)n1. The van der Waals surface area contributed by atoms with Crippen molar-refractivity contribution in [1.29, 1.82) is 0 Å². The van der Waals surface area contributed by atoms with Crippen LogP contribution < -0.4 is 11.1 Å². The number of carbonyl (C=O) groups is 1. The molecule has 0 radical (unpaired) electrons.